The Labute approximate surface area is 188 Å². The van der Waals surface area contributed by atoms with Crippen LogP contribution in [0, 0.1) is 0 Å². The van der Waals surface area contributed by atoms with Crippen LogP contribution in [0.1, 0.15) is 36.0 Å². The van der Waals surface area contributed by atoms with Crippen LogP contribution >= 0.6 is 0 Å². The second kappa shape index (κ2) is 10.1. The minimum Gasteiger partial charge on any atom is -0.352 e. The van der Waals surface area contributed by atoms with Crippen LogP contribution in [-0.2, 0) is 34.3 Å². The Morgan fingerprint density at radius 3 is 2.22 bits per heavy atom. The van der Waals surface area contributed by atoms with Gasteiger partial charge < -0.3 is 5.32 Å². The molecule has 1 amide bonds. The number of hydrogen-bond donors (Lipinski definition) is 1. The zero-order valence-electron chi connectivity index (χ0n) is 17.9. The predicted octanol–water partition coefficient (Wildman–Crippen LogP) is 2.36. The van der Waals surface area contributed by atoms with Gasteiger partial charge in [-0.3, -0.25) is 4.79 Å². The van der Waals surface area contributed by atoms with Crippen LogP contribution in [0.4, 0.5) is 0 Å². The third kappa shape index (κ3) is 5.60. The molecule has 1 N–H and O–H groups in total. The lowest BCUT2D eigenvalue weighted by atomic mass is 10.1. The summed E-state index contributed by atoms with van der Waals surface area (Å²) in [6.07, 6.45) is 6.26. The monoisotopic (exact) mass is 453 g/mol. The summed E-state index contributed by atoms with van der Waals surface area (Å²) >= 11 is 0. The number of nitrogens with one attached hydrogen (secondary N) is 1. The first kappa shape index (κ1) is 22.2. The summed E-state index contributed by atoms with van der Waals surface area (Å²) in [4.78, 5) is 16.6. The van der Waals surface area contributed by atoms with Crippen LogP contribution < -0.4 is 5.32 Å². The second-order valence-corrected chi connectivity index (χ2v) is 9.91. The molecule has 0 unspecified atom stereocenters. The summed E-state index contributed by atoms with van der Waals surface area (Å²) in [5.41, 5.74) is 2.89. The highest BCUT2D eigenvalue weighted by molar-refractivity contribution is 7.89. The van der Waals surface area contributed by atoms with Crippen molar-refractivity contribution < 1.29 is 13.2 Å². The first-order valence-corrected chi connectivity index (χ1v) is 12.2. The fraction of sp³-hybridized carbons (Fsp3) is 0.348. The molecule has 32 heavy (non-hydrogen) atoms. The topological polar surface area (TPSA) is 97.2 Å². The number of benzene rings is 2. The summed E-state index contributed by atoms with van der Waals surface area (Å²) in [5, 5.41) is 7.00. The maximum absolute atomic E-state index is 12.7. The van der Waals surface area contributed by atoms with Crippen LogP contribution in [0.2, 0.25) is 0 Å². The van der Waals surface area contributed by atoms with Gasteiger partial charge in [-0.15, -0.1) is 0 Å². The van der Waals surface area contributed by atoms with E-state index in [4.69, 9.17) is 0 Å². The molecule has 0 radical (unpaired) electrons. The number of piperidine rings is 1. The number of nitrogens with zero attached hydrogens (tertiary/aromatic N) is 4. The first-order chi connectivity index (χ1) is 15.5. The van der Waals surface area contributed by atoms with Crippen molar-refractivity contribution in [3.8, 4) is 0 Å². The van der Waals surface area contributed by atoms with Crippen molar-refractivity contribution in [3.63, 3.8) is 0 Å². The van der Waals surface area contributed by atoms with Crippen molar-refractivity contribution in [1.82, 2.24) is 24.4 Å². The molecule has 168 valence electrons. The molecule has 9 heteroatoms. The van der Waals surface area contributed by atoms with E-state index >= 15 is 0 Å². The van der Waals surface area contributed by atoms with E-state index in [0.29, 0.717) is 26.2 Å². The highest BCUT2D eigenvalue weighted by atomic mass is 32.2. The molecule has 2 heterocycles. The number of carbonyl (C=O) groups excluding carboxylic acids is 1. The van der Waals surface area contributed by atoms with E-state index in [1.807, 2.05) is 24.3 Å². The highest BCUT2D eigenvalue weighted by Gasteiger charge is 2.25. The van der Waals surface area contributed by atoms with E-state index in [1.165, 1.54) is 6.33 Å². The highest BCUT2D eigenvalue weighted by Crippen LogP contribution is 2.21. The zero-order chi connectivity index (χ0) is 22.4. The molecule has 1 aliphatic heterocycles. The summed E-state index contributed by atoms with van der Waals surface area (Å²) < 4.78 is 28.8. The van der Waals surface area contributed by atoms with Gasteiger partial charge in [0.05, 0.1) is 17.9 Å². The lowest BCUT2D eigenvalue weighted by molar-refractivity contribution is -0.120. The smallest absolute Gasteiger partial charge is 0.243 e. The Kier molecular flexibility index (Phi) is 6.96. The standard InChI is InChI=1S/C23H27N5O3S/c29-23(25-15-20-4-6-21(7-5-20)16-27-18-24-17-26-27)14-19-8-10-22(11-9-19)32(30,31)28-12-2-1-3-13-28/h4-11,17-18H,1-3,12-16H2,(H,25,29). The Balaban J connectivity index is 1.27. The van der Waals surface area contributed by atoms with Crippen molar-refractivity contribution >= 4 is 15.9 Å². The van der Waals surface area contributed by atoms with Gasteiger partial charge in [0.15, 0.2) is 0 Å². The van der Waals surface area contributed by atoms with Crippen LogP contribution in [-0.4, -0.2) is 46.5 Å². The van der Waals surface area contributed by atoms with Gasteiger partial charge >= 0.3 is 0 Å². The van der Waals surface area contributed by atoms with Crippen molar-refractivity contribution in [3.05, 3.63) is 77.9 Å². The minimum absolute atomic E-state index is 0.108. The summed E-state index contributed by atoms with van der Waals surface area (Å²) in [7, 11) is -3.45. The number of aromatic nitrogens is 3. The molecule has 1 saturated heterocycles. The Hall–Kier alpha value is -3.04. The van der Waals surface area contributed by atoms with Crippen LogP contribution in [0.15, 0.2) is 66.1 Å². The number of amides is 1. The Bertz CT molecular complexity index is 1120. The Morgan fingerprint density at radius 1 is 0.906 bits per heavy atom. The van der Waals surface area contributed by atoms with E-state index in [9.17, 15) is 13.2 Å². The van der Waals surface area contributed by atoms with Gasteiger partial charge in [-0.05, 0) is 41.7 Å². The van der Waals surface area contributed by atoms with Gasteiger partial charge in [0, 0.05) is 19.6 Å². The van der Waals surface area contributed by atoms with Crippen molar-refractivity contribution in [2.24, 2.45) is 0 Å². The van der Waals surface area contributed by atoms with Crippen molar-refractivity contribution in [2.45, 2.75) is 43.7 Å². The SMILES string of the molecule is O=C(Cc1ccc(S(=O)(=O)N2CCCCC2)cc1)NCc1ccc(Cn2cncn2)cc1. The van der Waals surface area contributed by atoms with E-state index in [0.717, 1.165) is 36.0 Å². The predicted molar refractivity (Wildman–Crippen MR) is 120 cm³/mol. The van der Waals surface area contributed by atoms with Crippen LogP contribution in [0.5, 0.6) is 0 Å². The van der Waals surface area contributed by atoms with Gasteiger partial charge in [-0.2, -0.15) is 9.40 Å². The molecule has 0 aliphatic carbocycles. The third-order valence-electron chi connectivity index (χ3n) is 5.56. The van der Waals surface area contributed by atoms with Crippen molar-refractivity contribution in [2.75, 3.05) is 13.1 Å². The lowest BCUT2D eigenvalue weighted by Gasteiger charge is -2.25. The van der Waals surface area contributed by atoms with Gasteiger partial charge in [-0.1, -0.05) is 42.8 Å². The van der Waals surface area contributed by atoms with Gasteiger partial charge in [0.25, 0.3) is 0 Å². The molecular formula is C23H27N5O3S. The number of sulfonamides is 1. The normalized spacial score (nSPS) is 14.9. The van der Waals surface area contributed by atoms with Gasteiger partial charge in [-0.25, -0.2) is 18.1 Å². The molecule has 0 bridgehead atoms. The molecular weight excluding hydrogens is 426 g/mol. The molecule has 3 aromatic rings. The lowest BCUT2D eigenvalue weighted by Crippen LogP contribution is -2.35. The van der Waals surface area contributed by atoms with Crippen LogP contribution in [0.25, 0.3) is 0 Å². The summed E-state index contributed by atoms with van der Waals surface area (Å²) in [6, 6.07) is 14.6. The molecule has 2 aromatic carbocycles. The number of hydrogen-bond acceptors (Lipinski definition) is 5. The molecule has 1 fully saturated rings. The molecule has 0 spiro atoms. The summed E-state index contributed by atoms with van der Waals surface area (Å²) in [5.74, 6) is -0.108. The third-order valence-corrected chi connectivity index (χ3v) is 7.48. The average Bonchev–Trinajstić information content (AvgIpc) is 3.33. The molecule has 1 aromatic heterocycles. The van der Waals surface area contributed by atoms with E-state index in [2.05, 4.69) is 15.4 Å². The Morgan fingerprint density at radius 2 is 1.56 bits per heavy atom. The van der Waals surface area contributed by atoms with Crippen molar-refractivity contribution in [1.29, 1.82) is 0 Å². The van der Waals surface area contributed by atoms with E-state index in [1.54, 1.807) is 39.6 Å². The molecule has 1 aliphatic rings. The first-order valence-electron chi connectivity index (χ1n) is 10.8. The number of rotatable bonds is 8. The fourth-order valence-electron chi connectivity index (χ4n) is 3.75. The largest absolute Gasteiger partial charge is 0.352 e. The molecule has 0 saturated carbocycles. The van der Waals surface area contributed by atoms with Gasteiger partial charge in [0.1, 0.15) is 12.7 Å². The van der Waals surface area contributed by atoms with E-state index < -0.39 is 10.0 Å². The second-order valence-electron chi connectivity index (χ2n) is 7.97. The average molecular weight is 454 g/mol. The molecule has 0 atom stereocenters. The zero-order valence-corrected chi connectivity index (χ0v) is 18.7. The maximum atomic E-state index is 12.7. The summed E-state index contributed by atoms with van der Waals surface area (Å²) in [6.45, 7) is 2.24. The fourth-order valence-corrected chi connectivity index (χ4v) is 5.26. The maximum Gasteiger partial charge on any atom is 0.243 e. The van der Waals surface area contributed by atoms with Crippen LogP contribution in [0.3, 0.4) is 0 Å². The number of carbonyl (C=O) groups is 1. The quantitative estimate of drug-likeness (QED) is 0.565. The molecule has 4 rings (SSSR count). The van der Waals surface area contributed by atoms with E-state index in [-0.39, 0.29) is 17.2 Å². The van der Waals surface area contributed by atoms with Gasteiger partial charge in [0.2, 0.25) is 15.9 Å². The molecule has 8 nitrogen and oxygen atoms in total. The minimum atomic E-state index is -3.45.